The van der Waals surface area contributed by atoms with Crippen LogP contribution in [0.5, 0.6) is 0 Å². The molecule has 1 saturated carbocycles. The lowest BCUT2D eigenvalue weighted by Crippen LogP contribution is -2.29. The zero-order chi connectivity index (χ0) is 29.0. The van der Waals surface area contributed by atoms with E-state index in [0.717, 1.165) is 54.6 Å². The highest BCUT2D eigenvalue weighted by molar-refractivity contribution is 6.31. The number of anilines is 2. The molecule has 4 heterocycles. The molecule has 3 aromatic heterocycles. The summed E-state index contributed by atoms with van der Waals surface area (Å²) in [7, 11) is 0. The third kappa shape index (κ3) is 4.92. The number of pyridine rings is 1. The summed E-state index contributed by atoms with van der Waals surface area (Å²) in [6.45, 7) is 4.50. The maximum atomic E-state index is 14.7. The van der Waals surface area contributed by atoms with Gasteiger partial charge in [0.2, 0.25) is 5.91 Å². The topological polar surface area (TPSA) is 106 Å². The predicted octanol–water partition coefficient (Wildman–Crippen LogP) is 5.62. The number of hydrogen-bond donors (Lipinski definition) is 1. The number of rotatable bonds is 7. The highest BCUT2D eigenvalue weighted by atomic mass is 35.5. The standard InChI is InChI=1S/C28H23ClF3N7O2/c1-13-23(38-11-15-7-18(15)28(38)41)6-5-20(35-13)14(2)39-12-16(8-34-39)36-27(40)22-10-33-9-21(37-22)24-17(26(31)32)3-4-19(29)25(24)30/h3-6,8-10,12,14-15,18,26H,7,11H2,1-2H3,(H,36,40)/t14-,15-,18-/m1/s1. The Balaban J connectivity index is 1.18. The fraction of sp³-hybridized carbons (Fsp3) is 0.286. The molecule has 210 valence electrons. The Morgan fingerprint density at radius 1 is 1.15 bits per heavy atom. The molecule has 3 atom stereocenters. The minimum absolute atomic E-state index is 0.160. The van der Waals surface area contributed by atoms with Gasteiger partial charge in [0.05, 0.1) is 58.1 Å². The van der Waals surface area contributed by atoms with E-state index in [1.165, 1.54) is 6.20 Å². The van der Waals surface area contributed by atoms with Crippen molar-refractivity contribution in [3.05, 3.63) is 82.5 Å². The van der Waals surface area contributed by atoms with E-state index in [-0.39, 0.29) is 34.3 Å². The minimum atomic E-state index is -2.99. The van der Waals surface area contributed by atoms with Crippen LogP contribution in [-0.2, 0) is 4.79 Å². The van der Waals surface area contributed by atoms with Crippen LogP contribution in [0.4, 0.5) is 24.5 Å². The van der Waals surface area contributed by atoms with Crippen molar-refractivity contribution in [3.63, 3.8) is 0 Å². The van der Waals surface area contributed by atoms with E-state index in [2.05, 4.69) is 20.4 Å². The van der Waals surface area contributed by atoms with Gasteiger partial charge >= 0.3 is 0 Å². The second kappa shape index (κ2) is 10.3. The summed E-state index contributed by atoms with van der Waals surface area (Å²) in [4.78, 5) is 39.9. The van der Waals surface area contributed by atoms with Crippen LogP contribution < -0.4 is 10.2 Å². The number of alkyl halides is 2. The third-order valence-electron chi connectivity index (χ3n) is 7.46. The summed E-state index contributed by atoms with van der Waals surface area (Å²) < 4.78 is 43.4. The van der Waals surface area contributed by atoms with Crippen LogP contribution in [-0.4, -0.2) is 43.1 Å². The minimum Gasteiger partial charge on any atom is -0.318 e. The van der Waals surface area contributed by atoms with Crippen LogP contribution in [0.2, 0.25) is 5.02 Å². The van der Waals surface area contributed by atoms with Crippen molar-refractivity contribution >= 4 is 34.8 Å². The molecule has 1 saturated heterocycles. The van der Waals surface area contributed by atoms with Crippen LogP contribution in [0.25, 0.3) is 11.3 Å². The Kier molecular flexibility index (Phi) is 6.72. The number of piperidine rings is 1. The molecular formula is C28H23ClF3N7O2. The molecule has 0 bridgehead atoms. The smallest absolute Gasteiger partial charge is 0.275 e. The van der Waals surface area contributed by atoms with Gasteiger partial charge in [-0.25, -0.2) is 18.2 Å². The van der Waals surface area contributed by atoms with Crippen LogP contribution in [0, 0.1) is 24.6 Å². The molecule has 1 aromatic carbocycles. The molecular weight excluding hydrogens is 559 g/mol. The first kappa shape index (κ1) is 26.9. The van der Waals surface area contributed by atoms with Gasteiger partial charge in [-0.15, -0.1) is 0 Å². The van der Waals surface area contributed by atoms with Gasteiger partial charge in [-0.05, 0) is 44.4 Å². The zero-order valence-electron chi connectivity index (χ0n) is 21.9. The maximum absolute atomic E-state index is 14.7. The third-order valence-corrected chi connectivity index (χ3v) is 7.75. The van der Waals surface area contributed by atoms with Gasteiger partial charge in [0.15, 0.2) is 5.82 Å². The molecule has 13 heteroatoms. The van der Waals surface area contributed by atoms with Crippen molar-refractivity contribution in [2.45, 2.75) is 32.7 Å². The number of halogens is 4. The van der Waals surface area contributed by atoms with E-state index in [4.69, 9.17) is 16.6 Å². The number of aryl methyl sites for hydroxylation is 1. The molecule has 1 N–H and O–H groups in total. The molecule has 2 aliphatic rings. The summed E-state index contributed by atoms with van der Waals surface area (Å²) in [5.74, 6) is -0.992. The molecule has 41 heavy (non-hydrogen) atoms. The molecule has 2 fully saturated rings. The highest BCUT2D eigenvalue weighted by Crippen LogP contribution is 2.47. The molecule has 4 aromatic rings. The number of benzene rings is 1. The molecule has 1 aliphatic carbocycles. The largest absolute Gasteiger partial charge is 0.318 e. The number of nitrogens with zero attached hydrogens (tertiary/aromatic N) is 6. The Bertz CT molecular complexity index is 1700. The van der Waals surface area contributed by atoms with Gasteiger partial charge in [0, 0.05) is 29.8 Å². The van der Waals surface area contributed by atoms with E-state index >= 15 is 0 Å². The Morgan fingerprint density at radius 3 is 2.66 bits per heavy atom. The van der Waals surface area contributed by atoms with Crippen LogP contribution in [0.15, 0.2) is 49.1 Å². The summed E-state index contributed by atoms with van der Waals surface area (Å²) in [5.41, 5.74) is 1.01. The van der Waals surface area contributed by atoms with Gasteiger partial charge in [-0.2, -0.15) is 5.10 Å². The van der Waals surface area contributed by atoms with Gasteiger partial charge in [-0.1, -0.05) is 17.7 Å². The van der Waals surface area contributed by atoms with Gasteiger partial charge < -0.3 is 10.2 Å². The van der Waals surface area contributed by atoms with Crippen molar-refractivity contribution in [2.24, 2.45) is 11.8 Å². The Morgan fingerprint density at radius 2 is 1.95 bits per heavy atom. The fourth-order valence-corrected chi connectivity index (χ4v) is 5.29. The number of carbonyl (C=O) groups excluding carboxylic acids is 2. The van der Waals surface area contributed by atoms with Crippen molar-refractivity contribution < 1.29 is 22.8 Å². The van der Waals surface area contributed by atoms with Gasteiger partial charge in [0.25, 0.3) is 12.3 Å². The predicted molar refractivity (Wildman–Crippen MR) is 144 cm³/mol. The van der Waals surface area contributed by atoms with E-state index in [9.17, 15) is 22.8 Å². The molecule has 9 nitrogen and oxygen atoms in total. The number of aromatic nitrogens is 5. The average Bonchev–Trinajstić information content (AvgIpc) is 3.45. The van der Waals surface area contributed by atoms with Gasteiger partial charge in [-0.3, -0.25) is 24.2 Å². The van der Waals surface area contributed by atoms with E-state index in [1.807, 2.05) is 30.9 Å². The molecule has 0 spiro atoms. The highest BCUT2D eigenvalue weighted by Gasteiger charge is 2.52. The number of fused-ring (bicyclic) bond motifs is 1. The normalized spacial score (nSPS) is 18.5. The van der Waals surface area contributed by atoms with Gasteiger partial charge in [0.1, 0.15) is 5.69 Å². The average molecular weight is 582 g/mol. The van der Waals surface area contributed by atoms with E-state index in [0.29, 0.717) is 11.6 Å². The number of nitrogens with one attached hydrogen (secondary N) is 1. The zero-order valence-corrected chi connectivity index (χ0v) is 22.6. The second-order valence-corrected chi connectivity index (χ2v) is 10.6. The van der Waals surface area contributed by atoms with Crippen molar-refractivity contribution in [1.29, 1.82) is 0 Å². The first-order valence-corrected chi connectivity index (χ1v) is 13.2. The number of amides is 2. The Hall–Kier alpha value is -4.32. The fourth-order valence-electron chi connectivity index (χ4n) is 5.13. The first-order chi connectivity index (χ1) is 19.6. The molecule has 1 aliphatic heterocycles. The summed E-state index contributed by atoms with van der Waals surface area (Å²) in [6, 6.07) is 5.50. The summed E-state index contributed by atoms with van der Waals surface area (Å²) in [6.07, 6.45) is 3.25. The van der Waals surface area contributed by atoms with Crippen LogP contribution in [0.1, 0.15) is 53.3 Å². The maximum Gasteiger partial charge on any atom is 0.275 e. The Labute approximate surface area is 237 Å². The second-order valence-electron chi connectivity index (χ2n) is 10.1. The van der Waals surface area contributed by atoms with Crippen LogP contribution in [0.3, 0.4) is 0 Å². The molecule has 2 amide bonds. The molecule has 0 radical (unpaired) electrons. The number of hydrogen-bond acceptors (Lipinski definition) is 6. The van der Waals surface area contributed by atoms with E-state index < -0.39 is 29.3 Å². The number of carbonyl (C=O) groups is 2. The first-order valence-electron chi connectivity index (χ1n) is 12.8. The quantitative estimate of drug-likeness (QED) is 0.304. The lowest BCUT2D eigenvalue weighted by molar-refractivity contribution is -0.118. The van der Waals surface area contributed by atoms with Crippen molar-refractivity contribution in [2.75, 3.05) is 16.8 Å². The lowest BCUT2D eigenvalue weighted by atomic mass is 10.0. The molecule has 0 unspecified atom stereocenters. The monoisotopic (exact) mass is 581 g/mol. The SMILES string of the molecule is Cc1nc([C@@H](C)n2cc(NC(=O)c3cncc(-c4c(C(F)F)ccc(Cl)c4F)n3)cn2)ccc1N1C[C@H]2C[C@H]2C1=O. The van der Waals surface area contributed by atoms with Crippen molar-refractivity contribution in [1.82, 2.24) is 24.7 Å². The van der Waals surface area contributed by atoms with Crippen molar-refractivity contribution in [3.8, 4) is 11.3 Å². The van der Waals surface area contributed by atoms with Crippen LogP contribution >= 0.6 is 11.6 Å². The summed E-state index contributed by atoms with van der Waals surface area (Å²) in [5, 5.41) is 6.61. The molecule has 6 rings (SSSR count). The lowest BCUT2D eigenvalue weighted by Gasteiger charge is -2.21. The van der Waals surface area contributed by atoms with E-state index in [1.54, 1.807) is 10.9 Å². The summed E-state index contributed by atoms with van der Waals surface area (Å²) >= 11 is 5.80.